The molecule has 2 aromatic carbocycles. The van der Waals surface area contributed by atoms with Crippen molar-refractivity contribution in [1.82, 2.24) is 4.98 Å². The molecule has 1 atom stereocenters. The van der Waals surface area contributed by atoms with E-state index in [0.29, 0.717) is 16.2 Å². The van der Waals surface area contributed by atoms with Crippen LogP contribution >= 0.6 is 0 Å². The fourth-order valence-corrected chi connectivity index (χ4v) is 5.01. The van der Waals surface area contributed by atoms with E-state index in [1.165, 1.54) is 11.1 Å². The Kier molecular flexibility index (Phi) is 3.96. The van der Waals surface area contributed by atoms with Crippen LogP contribution in [-0.4, -0.2) is 15.7 Å². The second kappa shape index (κ2) is 6.15. The fourth-order valence-electron chi connectivity index (χ4n) is 3.61. The molecule has 5 heteroatoms. The number of rotatable bonds is 3. The van der Waals surface area contributed by atoms with Gasteiger partial charge in [0.1, 0.15) is 0 Å². The van der Waals surface area contributed by atoms with Crippen LogP contribution in [-0.2, 0) is 17.4 Å². The lowest BCUT2D eigenvalue weighted by molar-refractivity contribution is 0.681. The van der Waals surface area contributed by atoms with Crippen molar-refractivity contribution in [2.24, 2.45) is 0 Å². The molecule has 0 bridgehead atoms. The van der Waals surface area contributed by atoms with Gasteiger partial charge >= 0.3 is 0 Å². The molecule has 0 fully saturated rings. The Labute approximate surface area is 149 Å². The van der Waals surface area contributed by atoms with E-state index in [-0.39, 0.29) is 5.56 Å². The topological polar surface area (TPSA) is 53.2 Å². The van der Waals surface area contributed by atoms with Crippen molar-refractivity contribution in [1.29, 1.82) is 0 Å². The molecule has 0 radical (unpaired) electrons. The summed E-state index contributed by atoms with van der Waals surface area (Å²) in [5, 5.41) is 1.32. The van der Waals surface area contributed by atoms with Crippen molar-refractivity contribution in [3.8, 4) is 0 Å². The van der Waals surface area contributed by atoms with Gasteiger partial charge in [0.15, 0.2) is 11.0 Å². The first-order chi connectivity index (χ1) is 12.1. The number of anilines is 1. The van der Waals surface area contributed by atoms with Gasteiger partial charge in [-0.3, -0.25) is 9.10 Å². The molecule has 4 nitrogen and oxygen atoms in total. The van der Waals surface area contributed by atoms with Crippen molar-refractivity contribution in [3.63, 3.8) is 0 Å². The maximum absolute atomic E-state index is 13.3. The van der Waals surface area contributed by atoms with E-state index in [9.17, 15) is 9.00 Å². The molecule has 1 aliphatic rings. The summed E-state index contributed by atoms with van der Waals surface area (Å²) in [6.07, 6.45) is 2.51. The lowest BCUT2D eigenvalue weighted by Crippen LogP contribution is -2.23. The summed E-state index contributed by atoms with van der Waals surface area (Å²) in [7, 11) is -1.34. The standard InChI is InChI=1S/C20H20N2O2S/c1-13(2)14-5-3-7-18-15(14)10-12-22(18)25(24)19-8-4-6-17-16(19)9-11-21-20(17)23/h3-9,11,13H,10,12H2,1-2H3,(H,21,23). The number of H-pyrrole nitrogens is 1. The fraction of sp³-hybridized carbons (Fsp3) is 0.250. The average Bonchev–Trinajstić information content (AvgIpc) is 3.05. The normalized spacial score (nSPS) is 14.9. The third kappa shape index (κ3) is 2.59. The van der Waals surface area contributed by atoms with Crippen LogP contribution in [0.25, 0.3) is 10.8 Å². The van der Waals surface area contributed by atoms with Crippen LogP contribution < -0.4 is 9.86 Å². The average molecular weight is 352 g/mol. The minimum absolute atomic E-state index is 0.153. The highest BCUT2D eigenvalue weighted by Gasteiger charge is 2.27. The van der Waals surface area contributed by atoms with Gasteiger partial charge in [0, 0.05) is 23.5 Å². The second-order valence-corrected chi connectivity index (χ2v) is 8.00. The predicted octanol–water partition coefficient (Wildman–Crippen LogP) is 3.74. The zero-order valence-electron chi connectivity index (χ0n) is 14.3. The Bertz CT molecular complexity index is 1040. The lowest BCUT2D eigenvalue weighted by Gasteiger charge is -2.20. The van der Waals surface area contributed by atoms with E-state index in [1.54, 1.807) is 18.3 Å². The van der Waals surface area contributed by atoms with Gasteiger partial charge in [-0.2, -0.15) is 0 Å². The van der Waals surface area contributed by atoms with Crippen LogP contribution in [0.3, 0.4) is 0 Å². The van der Waals surface area contributed by atoms with Gasteiger partial charge < -0.3 is 4.98 Å². The molecule has 0 amide bonds. The van der Waals surface area contributed by atoms with Gasteiger partial charge in [-0.25, -0.2) is 4.21 Å². The Morgan fingerprint density at radius 1 is 1.08 bits per heavy atom. The van der Waals surface area contributed by atoms with Crippen LogP contribution in [0.1, 0.15) is 30.9 Å². The number of nitrogens with zero attached hydrogens (tertiary/aromatic N) is 1. The second-order valence-electron chi connectivity index (χ2n) is 6.63. The zero-order chi connectivity index (χ0) is 17.6. The Morgan fingerprint density at radius 3 is 2.68 bits per heavy atom. The van der Waals surface area contributed by atoms with E-state index < -0.39 is 11.0 Å². The van der Waals surface area contributed by atoms with E-state index in [1.807, 2.05) is 28.6 Å². The highest BCUT2D eigenvalue weighted by atomic mass is 32.2. The number of nitrogens with one attached hydrogen (secondary N) is 1. The lowest BCUT2D eigenvalue weighted by atomic mass is 9.96. The number of aromatic amines is 1. The SMILES string of the molecule is CC(C)c1cccc2c1CCN2S(=O)c1cccc2c(=O)[nH]ccc12. The number of hydrogen-bond acceptors (Lipinski definition) is 2. The summed E-state index contributed by atoms with van der Waals surface area (Å²) in [4.78, 5) is 15.4. The first kappa shape index (κ1) is 16.1. The van der Waals surface area contributed by atoms with Gasteiger partial charge in [-0.05, 0) is 47.7 Å². The third-order valence-electron chi connectivity index (χ3n) is 4.81. The van der Waals surface area contributed by atoms with Crippen LogP contribution in [0.4, 0.5) is 5.69 Å². The molecule has 0 aliphatic carbocycles. The zero-order valence-corrected chi connectivity index (χ0v) is 15.1. The van der Waals surface area contributed by atoms with E-state index >= 15 is 0 Å². The molecule has 0 spiro atoms. The van der Waals surface area contributed by atoms with Gasteiger partial charge in [-0.15, -0.1) is 0 Å². The summed E-state index contributed by atoms with van der Waals surface area (Å²) in [6.45, 7) is 5.10. The molecular formula is C20H20N2O2S. The number of pyridine rings is 1. The highest BCUT2D eigenvalue weighted by Crippen LogP contribution is 2.36. The van der Waals surface area contributed by atoms with Gasteiger partial charge in [-0.1, -0.05) is 32.0 Å². The minimum Gasteiger partial charge on any atom is -0.329 e. The first-order valence-corrected chi connectivity index (χ1v) is 9.60. The van der Waals surface area contributed by atoms with Crippen LogP contribution in [0.2, 0.25) is 0 Å². The Balaban J connectivity index is 1.82. The summed E-state index contributed by atoms with van der Waals surface area (Å²) in [5.74, 6) is 0.444. The summed E-state index contributed by atoms with van der Waals surface area (Å²) in [6, 6.07) is 13.5. The van der Waals surface area contributed by atoms with E-state index in [2.05, 4.69) is 24.9 Å². The maximum atomic E-state index is 13.3. The molecule has 25 heavy (non-hydrogen) atoms. The van der Waals surface area contributed by atoms with Crippen LogP contribution in [0.5, 0.6) is 0 Å². The van der Waals surface area contributed by atoms with Crippen molar-refractivity contribution in [3.05, 3.63) is 70.1 Å². The van der Waals surface area contributed by atoms with Crippen molar-refractivity contribution < 1.29 is 4.21 Å². The first-order valence-electron chi connectivity index (χ1n) is 8.49. The number of hydrogen-bond donors (Lipinski definition) is 1. The molecule has 1 unspecified atom stereocenters. The molecule has 2 heterocycles. The Hall–Kier alpha value is -2.40. The molecule has 1 N–H and O–H groups in total. The van der Waals surface area contributed by atoms with Crippen molar-refractivity contribution in [2.75, 3.05) is 10.8 Å². The summed E-state index contributed by atoms with van der Waals surface area (Å²) < 4.78 is 15.3. The van der Waals surface area contributed by atoms with Crippen LogP contribution in [0, 0.1) is 0 Å². The largest absolute Gasteiger partial charge is 0.329 e. The maximum Gasteiger partial charge on any atom is 0.255 e. The monoisotopic (exact) mass is 352 g/mol. The van der Waals surface area contributed by atoms with Crippen LogP contribution in [0.15, 0.2) is 58.4 Å². The van der Waals surface area contributed by atoms with E-state index in [4.69, 9.17) is 0 Å². The predicted molar refractivity (Wildman–Crippen MR) is 103 cm³/mol. The summed E-state index contributed by atoms with van der Waals surface area (Å²) in [5.41, 5.74) is 3.52. The molecule has 4 rings (SSSR count). The molecule has 1 aliphatic heterocycles. The molecule has 0 saturated heterocycles. The molecule has 3 aromatic rings. The van der Waals surface area contributed by atoms with Gasteiger partial charge in [0.25, 0.3) is 5.56 Å². The van der Waals surface area contributed by atoms with Crippen molar-refractivity contribution >= 4 is 27.4 Å². The third-order valence-corrected chi connectivity index (χ3v) is 6.32. The van der Waals surface area contributed by atoms with Gasteiger partial charge in [0.2, 0.25) is 0 Å². The molecule has 128 valence electrons. The Morgan fingerprint density at radius 2 is 1.88 bits per heavy atom. The highest BCUT2D eigenvalue weighted by molar-refractivity contribution is 7.86. The summed E-state index contributed by atoms with van der Waals surface area (Å²) >= 11 is 0. The smallest absolute Gasteiger partial charge is 0.255 e. The number of benzene rings is 2. The number of fused-ring (bicyclic) bond motifs is 2. The van der Waals surface area contributed by atoms with Crippen molar-refractivity contribution in [2.45, 2.75) is 31.1 Å². The molecular weight excluding hydrogens is 332 g/mol. The molecule has 0 saturated carbocycles. The molecule has 1 aromatic heterocycles. The minimum atomic E-state index is -1.34. The van der Waals surface area contributed by atoms with E-state index in [0.717, 1.165) is 24.0 Å². The number of aromatic nitrogens is 1. The quantitative estimate of drug-likeness (QED) is 0.781. The van der Waals surface area contributed by atoms with Gasteiger partial charge in [0.05, 0.1) is 10.6 Å².